The first kappa shape index (κ1) is 14.8. The van der Waals surface area contributed by atoms with E-state index in [9.17, 15) is 4.79 Å². The Labute approximate surface area is 119 Å². The van der Waals surface area contributed by atoms with Crippen molar-refractivity contribution in [2.45, 2.75) is 45.3 Å². The molecule has 1 fully saturated rings. The van der Waals surface area contributed by atoms with Crippen molar-refractivity contribution in [3.8, 4) is 0 Å². The number of aromatic nitrogens is 1. The van der Waals surface area contributed by atoms with Gasteiger partial charge in [-0.3, -0.25) is 0 Å². The Morgan fingerprint density at radius 3 is 3.10 bits per heavy atom. The van der Waals surface area contributed by atoms with Gasteiger partial charge in [-0.1, -0.05) is 0 Å². The fourth-order valence-corrected chi connectivity index (χ4v) is 2.17. The normalized spacial score (nSPS) is 18.9. The summed E-state index contributed by atoms with van der Waals surface area (Å²) in [6, 6.07) is 3.46. The lowest BCUT2D eigenvalue weighted by Crippen LogP contribution is -2.28. The van der Waals surface area contributed by atoms with Gasteiger partial charge >= 0.3 is 5.97 Å². The van der Waals surface area contributed by atoms with E-state index in [1.54, 1.807) is 18.3 Å². The van der Waals surface area contributed by atoms with Crippen molar-refractivity contribution in [2.75, 3.05) is 18.5 Å². The molecule has 5 nitrogen and oxygen atoms in total. The summed E-state index contributed by atoms with van der Waals surface area (Å²) >= 11 is 0. The van der Waals surface area contributed by atoms with Gasteiger partial charge in [0.1, 0.15) is 11.4 Å². The minimum Gasteiger partial charge on any atom is -0.459 e. The second-order valence-electron chi connectivity index (χ2n) is 5.22. The third-order valence-corrected chi connectivity index (χ3v) is 3.14. The van der Waals surface area contributed by atoms with Crippen LogP contribution in [0.2, 0.25) is 0 Å². The summed E-state index contributed by atoms with van der Waals surface area (Å²) in [5.41, 5.74) is 0.469. The third-order valence-electron chi connectivity index (χ3n) is 3.14. The van der Waals surface area contributed by atoms with Gasteiger partial charge < -0.3 is 14.8 Å². The molecule has 0 aromatic carbocycles. The highest BCUT2D eigenvalue weighted by atomic mass is 16.5. The molecule has 1 atom stereocenters. The maximum absolute atomic E-state index is 12.0. The lowest BCUT2D eigenvalue weighted by atomic mass is 10.1. The van der Waals surface area contributed by atoms with Gasteiger partial charge in [0.15, 0.2) is 0 Å². The Bertz CT molecular complexity index is 442. The van der Waals surface area contributed by atoms with E-state index in [-0.39, 0.29) is 18.2 Å². The van der Waals surface area contributed by atoms with Gasteiger partial charge in [0.2, 0.25) is 0 Å². The van der Waals surface area contributed by atoms with Crippen LogP contribution in [0.4, 0.5) is 5.82 Å². The van der Waals surface area contributed by atoms with Crippen molar-refractivity contribution < 1.29 is 14.3 Å². The van der Waals surface area contributed by atoms with Crippen LogP contribution in [0.5, 0.6) is 0 Å². The van der Waals surface area contributed by atoms with Gasteiger partial charge in [0.25, 0.3) is 0 Å². The highest BCUT2D eigenvalue weighted by molar-refractivity contribution is 5.94. The summed E-state index contributed by atoms with van der Waals surface area (Å²) < 4.78 is 10.9. The van der Waals surface area contributed by atoms with Crippen molar-refractivity contribution in [3.63, 3.8) is 0 Å². The smallest absolute Gasteiger partial charge is 0.342 e. The number of nitrogens with one attached hydrogen (secondary N) is 1. The molecule has 1 aromatic heterocycles. The standard InChI is InChI=1S/C15H22N2O3/c1-11(2)20-15(18)13-7-5-8-16-14(13)17-10-12-6-3-4-9-19-12/h5,7-8,11-12H,3-4,6,9-10H2,1-2H3,(H,16,17). The number of ether oxygens (including phenoxy) is 2. The van der Waals surface area contributed by atoms with Gasteiger partial charge in [-0.15, -0.1) is 0 Å². The number of rotatable bonds is 5. The van der Waals surface area contributed by atoms with Gasteiger partial charge in [-0.2, -0.15) is 0 Å². The quantitative estimate of drug-likeness (QED) is 0.839. The van der Waals surface area contributed by atoms with Crippen molar-refractivity contribution in [1.29, 1.82) is 0 Å². The van der Waals surface area contributed by atoms with Gasteiger partial charge in [0, 0.05) is 19.3 Å². The van der Waals surface area contributed by atoms with Gasteiger partial charge in [0.05, 0.1) is 12.2 Å². The molecule has 20 heavy (non-hydrogen) atoms. The number of carbonyl (C=O) groups excluding carboxylic acids is 1. The molecule has 5 heteroatoms. The predicted octanol–water partition coefficient (Wildman–Crippen LogP) is 2.63. The van der Waals surface area contributed by atoms with Crippen LogP contribution < -0.4 is 5.32 Å². The number of hydrogen-bond donors (Lipinski definition) is 1. The number of hydrogen-bond acceptors (Lipinski definition) is 5. The first-order valence-corrected chi connectivity index (χ1v) is 7.18. The molecule has 1 N–H and O–H groups in total. The number of anilines is 1. The zero-order valence-corrected chi connectivity index (χ0v) is 12.1. The van der Waals surface area contributed by atoms with Crippen molar-refractivity contribution >= 4 is 11.8 Å². The molecular weight excluding hydrogens is 256 g/mol. The van der Waals surface area contributed by atoms with E-state index < -0.39 is 0 Å². The zero-order chi connectivity index (χ0) is 14.4. The topological polar surface area (TPSA) is 60.5 Å². The van der Waals surface area contributed by atoms with E-state index in [0.717, 1.165) is 19.4 Å². The van der Waals surface area contributed by atoms with E-state index >= 15 is 0 Å². The van der Waals surface area contributed by atoms with Crippen LogP contribution in [0, 0.1) is 0 Å². The second kappa shape index (κ2) is 7.24. The molecule has 1 unspecified atom stereocenters. The van der Waals surface area contributed by atoms with Crippen molar-refractivity contribution in [1.82, 2.24) is 4.98 Å². The fraction of sp³-hybridized carbons (Fsp3) is 0.600. The average Bonchev–Trinajstić information content (AvgIpc) is 2.46. The molecule has 0 radical (unpaired) electrons. The minimum atomic E-state index is -0.347. The van der Waals surface area contributed by atoms with Gasteiger partial charge in [-0.05, 0) is 45.2 Å². The SMILES string of the molecule is CC(C)OC(=O)c1cccnc1NCC1CCCCO1. The summed E-state index contributed by atoms with van der Waals surface area (Å²) in [7, 11) is 0. The molecule has 0 saturated carbocycles. The van der Waals surface area contributed by atoms with Crippen molar-refractivity contribution in [2.24, 2.45) is 0 Å². The molecule has 2 heterocycles. The van der Waals surface area contributed by atoms with Crippen LogP contribution >= 0.6 is 0 Å². The average molecular weight is 278 g/mol. The molecule has 1 saturated heterocycles. The van der Waals surface area contributed by atoms with E-state index in [4.69, 9.17) is 9.47 Å². The van der Waals surface area contributed by atoms with Crippen LogP contribution in [0.1, 0.15) is 43.5 Å². The zero-order valence-electron chi connectivity index (χ0n) is 12.1. The highest BCUT2D eigenvalue weighted by Crippen LogP contribution is 2.17. The number of carbonyl (C=O) groups is 1. The van der Waals surface area contributed by atoms with Crippen LogP contribution in [0.25, 0.3) is 0 Å². The molecule has 0 aliphatic carbocycles. The summed E-state index contributed by atoms with van der Waals surface area (Å²) in [6.07, 6.45) is 5.09. The molecule has 1 aromatic rings. The van der Waals surface area contributed by atoms with E-state index in [1.807, 2.05) is 13.8 Å². The van der Waals surface area contributed by atoms with Crippen molar-refractivity contribution in [3.05, 3.63) is 23.9 Å². The monoisotopic (exact) mass is 278 g/mol. The molecule has 2 rings (SSSR count). The van der Waals surface area contributed by atoms with Crippen LogP contribution in [-0.4, -0.2) is 36.3 Å². The van der Waals surface area contributed by atoms with Crippen LogP contribution in [0.3, 0.4) is 0 Å². The second-order valence-corrected chi connectivity index (χ2v) is 5.22. The molecule has 1 aliphatic rings. The summed E-state index contributed by atoms with van der Waals surface area (Å²) in [4.78, 5) is 16.2. The van der Waals surface area contributed by atoms with Gasteiger partial charge in [-0.25, -0.2) is 9.78 Å². The maximum Gasteiger partial charge on any atom is 0.342 e. The van der Waals surface area contributed by atoms with E-state index in [1.165, 1.54) is 6.42 Å². The summed E-state index contributed by atoms with van der Waals surface area (Å²) in [5.74, 6) is 0.215. The minimum absolute atomic E-state index is 0.141. The Kier molecular flexibility index (Phi) is 5.35. The first-order valence-electron chi connectivity index (χ1n) is 7.18. The maximum atomic E-state index is 12.0. The predicted molar refractivity (Wildman–Crippen MR) is 76.9 cm³/mol. The lowest BCUT2D eigenvalue weighted by Gasteiger charge is -2.23. The highest BCUT2D eigenvalue weighted by Gasteiger charge is 2.17. The lowest BCUT2D eigenvalue weighted by molar-refractivity contribution is 0.0245. The van der Waals surface area contributed by atoms with E-state index in [0.29, 0.717) is 17.9 Å². The summed E-state index contributed by atoms with van der Waals surface area (Å²) in [6.45, 7) is 5.14. The number of esters is 1. The third kappa shape index (κ3) is 4.20. The molecule has 110 valence electrons. The van der Waals surface area contributed by atoms with E-state index in [2.05, 4.69) is 10.3 Å². The summed E-state index contributed by atoms with van der Waals surface area (Å²) in [5, 5.41) is 3.20. The molecule has 0 bridgehead atoms. The molecule has 0 spiro atoms. The Morgan fingerprint density at radius 1 is 1.55 bits per heavy atom. The molecule has 0 amide bonds. The van der Waals surface area contributed by atoms with Crippen LogP contribution in [0.15, 0.2) is 18.3 Å². The Morgan fingerprint density at radius 2 is 2.40 bits per heavy atom. The first-order chi connectivity index (χ1) is 9.66. The number of nitrogens with zero attached hydrogens (tertiary/aromatic N) is 1. The number of pyridine rings is 1. The largest absolute Gasteiger partial charge is 0.459 e. The Balaban J connectivity index is 1.98. The molecule has 1 aliphatic heterocycles. The van der Waals surface area contributed by atoms with Crippen LogP contribution in [-0.2, 0) is 9.47 Å². The molecular formula is C15H22N2O3. The Hall–Kier alpha value is -1.62. The fourth-order valence-electron chi connectivity index (χ4n) is 2.17.